The number of piperazine rings is 1. The Hall–Kier alpha value is -3.56. The Morgan fingerprint density at radius 3 is 2.21 bits per heavy atom. The van der Waals surface area contributed by atoms with Gasteiger partial charge in [0, 0.05) is 49.5 Å². The number of carbonyl (C=O) groups is 1. The molecular formula is C29H34N4O4S. The van der Waals surface area contributed by atoms with E-state index in [1.807, 2.05) is 67.6 Å². The van der Waals surface area contributed by atoms with Crippen molar-refractivity contribution in [1.29, 1.82) is 0 Å². The van der Waals surface area contributed by atoms with Gasteiger partial charge in [0.25, 0.3) is 0 Å². The Labute approximate surface area is 224 Å². The van der Waals surface area contributed by atoms with Crippen molar-refractivity contribution >= 4 is 33.0 Å². The van der Waals surface area contributed by atoms with Crippen molar-refractivity contribution in [3.05, 3.63) is 78.4 Å². The van der Waals surface area contributed by atoms with Crippen LogP contribution in [0.1, 0.15) is 31.4 Å². The van der Waals surface area contributed by atoms with Crippen molar-refractivity contribution in [3.63, 3.8) is 0 Å². The number of methoxy groups -OCH3 is 1. The minimum Gasteiger partial charge on any atom is -0.497 e. The van der Waals surface area contributed by atoms with E-state index in [4.69, 9.17) is 4.74 Å². The average Bonchev–Trinajstić information content (AvgIpc) is 3.79. The van der Waals surface area contributed by atoms with Crippen LogP contribution in [0, 0.1) is 5.92 Å². The second-order valence-electron chi connectivity index (χ2n) is 9.87. The predicted molar refractivity (Wildman–Crippen MR) is 150 cm³/mol. The summed E-state index contributed by atoms with van der Waals surface area (Å²) in [6.45, 7) is 4.66. The summed E-state index contributed by atoms with van der Waals surface area (Å²) in [6, 6.07) is 22.2. The van der Waals surface area contributed by atoms with Crippen LogP contribution in [-0.2, 0) is 14.8 Å². The molecule has 2 fully saturated rings. The lowest BCUT2D eigenvalue weighted by molar-refractivity contribution is -0.117. The van der Waals surface area contributed by atoms with Gasteiger partial charge in [-0.05, 0) is 67.8 Å². The lowest BCUT2D eigenvalue weighted by Gasteiger charge is -2.38. The van der Waals surface area contributed by atoms with Crippen LogP contribution in [-0.4, -0.2) is 47.6 Å². The molecule has 1 heterocycles. The number of benzene rings is 3. The van der Waals surface area contributed by atoms with E-state index < -0.39 is 16.1 Å². The van der Waals surface area contributed by atoms with Gasteiger partial charge in [-0.1, -0.05) is 30.3 Å². The number of amides is 1. The van der Waals surface area contributed by atoms with Crippen molar-refractivity contribution in [2.24, 2.45) is 5.92 Å². The molecule has 1 amide bonds. The lowest BCUT2D eigenvalue weighted by atomic mass is 10.1. The number of carbonyl (C=O) groups excluding carboxylic acids is 1. The van der Waals surface area contributed by atoms with Crippen LogP contribution >= 0.6 is 0 Å². The van der Waals surface area contributed by atoms with Crippen LogP contribution in [0.3, 0.4) is 0 Å². The van der Waals surface area contributed by atoms with Gasteiger partial charge in [-0.2, -0.15) is 0 Å². The maximum atomic E-state index is 13.7. The molecule has 0 bridgehead atoms. The van der Waals surface area contributed by atoms with Crippen LogP contribution in [0.2, 0.25) is 0 Å². The molecular weight excluding hydrogens is 500 g/mol. The van der Waals surface area contributed by atoms with Gasteiger partial charge in [0.1, 0.15) is 10.6 Å². The van der Waals surface area contributed by atoms with E-state index in [9.17, 15) is 13.2 Å². The highest BCUT2D eigenvalue weighted by molar-refractivity contribution is 7.89. The zero-order valence-electron chi connectivity index (χ0n) is 21.8. The van der Waals surface area contributed by atoms with E-state index >= 15 is 0 Å². The molecule has 1 aliphatic carbocycles. The number of ether oxygens (including phenoxy) is 1. The highest BCUT2D eigenvalue weighted by Crippen LogP contribution is 2.34. The first kappa shape index (κ1) is 26.1. The molecule has 2 aliphatic rings. The number of sulfonamides is 1. The smallest absolute Gasteiger partial charge is 0.243 e. The highest BCUT2D eigenvalue weighted by atomic mass is 32.2. The van der Waals surface area contributed by atoms with Crippen LogP contribution in [0.25, 0.3) is 0 Å². The third-order valence-corrected chi connectivity index (χ3v) is 8.72. The molecule has 0 aromatic heterocycles. The molecule has 0 spiro atoms. The first-order valence-corrected chi connectivity index (χ1v) is 14.5. The van der Waals surface area contributed by atoms with Gasteiger partial charge in [0.15, 0.2) is 0 Å². The summed E-state index contributed by atoms with van der Waals surface area (Å²) < 4.78 is 35.6. The molecule has 1 aliphatic heterocycles. The standard InChI is InChI=1S/C29H34N4O4S/c1-21(22-6-4-3-5-7-22)31-38(35,36)28-20-24(30-29(34)23-8-9-23)10-15-27(28)33-18-16-32(17-19-33)25-11-13-26(37-2)14-12-25/h3-7,10-15,20-21,23,31H,8-9,16-19H2,1-2H3,(H,30,34)/t21-/m0/s1. The molecule has 0 radical (unpaired) electrons. The normalized spacial score (nSPS) is 16.7. The summed E-state index contributed by atoms with van der Waals surface area (Å²) in [7, 11) is -2.24. The third-order valence-electron chi connectivity index (χ3n) is 7.15. The van der Waals surface area contributed by atoms with Crippen molar-refractivity contribution in [3.8, 4) is 5.75 Å². The van der Waals surface area contributed by atoms with Gasteiger partial charge in [-0.25, -0.2) is 13.1 Å². The maximum absolute atomic E-state index is 13.7. The fraction of sp³-hybridized carbons (Fsp3) is 0.345. The molecule has 2 N–H and O–H groups in total. The molecule has 3 aromatic rings. The van der Waals surface area contributed by atoms with Gasteiger partial charge < -0.3 is 19.9 Å². The van der Waals surface area contributed by atoms with E-state index in [0.29, 0.717) is 24.5 Å². The molecule has 1 saturated carbocycles. The molecule has 8 nitrogen and oxygen atoms in total. The van der Waals surface area contributed by atoms with Crippen LogP contribution in [0.15, 0.2) is 77.7 Å². The SMILES string of the molecule is COc1ccc(N2CCN(c3ccc(NC(=O)C4CC4)cc3S(=O)(=O)N[C@@H](C)c3ccccc3)CC2)cc1. The van der Waals surface area contributed by atoms with Crippen molar-refractivity contribution in [2.45, 2.75) is 30.7 Å². The average molecular weight is 535 g/mol. The molecule has 38 heavy (non-hydrogen) atoms. The second-order valence-corrected chi connectivity index (χ2v) is 11.6. The predicted octanol–water partition coefficient (Wildman–Crippen LogP) is 4.41. The fourth-order valence-electron chi connectivity index (χ4n) is 4.76. The summed E-state index contributed by atoms with van der Waals surface area (Å²) in [4.78, 5) is 17.0. The lowest BCUT2D eigenvalue weighted by Crippen LogP contribution is -2.47. The number of nitrogens with zero attached hydrogens (tertiary/aromatic N) is 2. The number of hydrogen-bond acceptors (Lipinski definition) is 6. The topological polar surface area (TPSA) is 91.0 Å². The van der Waals surface area contributed by atoms with Crippen LogP contribution < -0.4 is 24.6 Å². The molecule has 1 atom stereocenters. The van der Waals surface area contributed by atoms with Crippen molar-refractivity contribution in [2.75, 3.05) is 48.4 Å². The fourth-order valence-corrected chi connectivity index (χ4v) is 6.25. The Morgan fingerprint density at radius 1 is 0.921 bits per heavy atom. The Balaban J connectivity index is 1.38. The van der Waals surface area contributed by atoms with Gasteiger partial charge >= 0.3 is 0 Å². The summed E-state index contributed by atoms with van der Waals surface area (Å²) >= 11 is 0. The minimum atomic E-state index is -3.89. The van der Waals surface area contributed by atoms with Gasteiger partial charge in [-0.15, -0.1) is 0 Å². The van der Waals surface area contributed by atoms with Gasteiger partial charge in [0.05, 0.1) is 12.8 Å². The second kappa shape index (κ2) is 11.0. The Morgan fingerprint density at radius 2 is 1.58 bits per heavy atom. The summed E-state index contributed by atoms with van der Waals surface area (Å²) in [5.74, 6) is 0.783. The van der Waals surface area contributed by atoms with Crippen molar-refractivity contribution < 1.29 is 17.9 Å². The summed E-state index contributed by atoms with van der Waals surface area (Å²) in [5.41, 5.74) is 3.12. The quantitative estimate of drug-likeness (QED) is 0.423. The van der Waals surface area contributed by atoms with E-state index in [0.717, 1.165) is 42.9 Å². The largest absolute Gasteiger partial charge is 0.497 e. The molecule has 5 rings (SSSR count). The van der Waals surface area contributed by atoms with E-state index in [-0.39, 0.29) is 16.7 Å². The highest BCUT2D eigenvalue weighted by Gasteiger charge is 2.31. The summed E-state index contributed by atoms with van der Waals surface area (Å²) in [6.07, 6.45) is 1.76. The minimum absolute atomic E-state index is 0.0250. The van der Waals surface area contributed by atoms with Gasteiger partial charge in [-0.3, -0.25) is 4.79 Å². The first-order chi connectivity index (χ1) is 18.3. The Kier molecular flexibility index (Phi) is 7.58. The number of anilines is 3. The third kappa shape index (κ3) is 5.95. The molecule has 3 aromatic carbocycles. The first-order valence-electron chi connectivity index (χ1n) is 13.0. The molecule has 1 saturated heterocycles. The number of hydrogen-bond donors (Lipinski definition) is 2. The van der Waals surface area contributed by atoms with E-state index in [1.54, 1.807) is 19.2 Å². The van der Waals surface area contributed by atoms with Crippen molar-refractivity contribution in [1.82, 2.24) is 4.72 Å². The number of rotatable bonds is 9. The van der Waals surface area contributed by atoms with Crippen LogP contribution in [0.5, 0.6) is 5.75 Å². The molecule has 200 valence electrons. The molecule has 0 unspecified atom stereocenters. The van der Waals surface area contributed by atoms with E-state index in [2.05, 4.69) is 19.8 Å². The zero-order chi connectivity index (χ0) is 26.7. The van der Waals surface area contributed by atoms with Gasteiger partial charge in [0.2, 0.25) is 15.9 Å². The summed E-state index contributed by atoms with van der Waals surface area (Å²) in [5, 5.41) is 2.90. The zero-order valence-corrected chi connectivity index (χ0v) is 22.6. The monoisotopic (exact) mass is 534 g/mol. The van der Waals surface area contributed by atoms with Crippen LogP contribution in [0.4, 0.5) is 17.1 Å². The molecule has 9 heteroatoms. The maximum Gasteiger partial charge on any atom is 0.243 e. The van der Waals surface area contributed by atoms with E-state index in [1.165, 1.54) is 0 Å². The Bertz CT molecular complexity index is 1370. The number of nitrogens with one attached hydrogen (secondary N) is 2.